The van der Waals surface area contributed by atoms with Gasteiger partial charge >= 0.3 is 0 Å². The molecule has 1 aromatic heterocycles. The summed E-state index contributed by atoms with van der Waals surface area (Å²) in [5, 5.41) is 14.6. The number of aromatic nitrogens is 1. The van der Waals surface area contributed by atoms with Gasteiger partial charge in [-0.15, -0.1) is 0 Å². The number of hydrogen-bond acceptors (Lipinski definition) is 4. The Hall–Kier alpha value is -2.70. The van der Waals surface area contributed by atoms with Crippen LogP contribution in [0.25, 0.3) is 0 Å². The van der Waals surface area contributed by atoms with Crippen molar-refractivity contribution in [3.63, 3.8) is 0 Å². The number of aromatic hydroxyl groups is 1. The third-order valence-electron chi connectivity index (χ3n) is 3.78. The van der Waals surface area contributed by atoms with E-state index in [0.29, 0.717) is 27.0 Å². The SMILES string of the molecule is O=C(NN=Cc1cc(Cc2ccccc2Cl)ccc1O)c1cncc(Br)c1. The summed E-state index contributed by atoms with van der Waals surface area (Å²) in [5.74, 6) is -0.327. The van der Waals surface area contributed by atoms with E-state index in [-0.39, 0.29) is 5.75 Å². The predicted octanol–water partition coefficient (Wildman–Crippen LogP) is 4.56. The Morgan fingerprint density at radius 2 is 2.04 bits per heavy atom. The Kier molecular flexibility index (Phi) is 6.21. The van der Waals surface area contributed by atoms with Crippen LogP contribution in [0.1, 0.15) is 27.0 Å². The highest BCUT2D eigenvalue weighted by Crippen LogP contribution is 2.22. The lowest BCUT2D eigenvalue weighted by Crippen LogP contribution is -2.17. The number of benzene rings is 2. The zero-order valence-electron chi connectivity index (χ0n) is 14.1. The van der Waals surface area contributed by atoms with Crippen LogP contribution in [-0.2, 0) is 6.42 Å². The first kappa shape index (κ1) is 19.1. The fraction of sp³-hybridized carbons (Fsp3) is 0.0500. The zero-order chi connectivity index (χ0) is 19.2. The fourth-order valence-corrected chi connectivity index (χ4v) is 3.01. The minimum atomic E-state index is -0.397. The van der Waals surface area contributed by atoms with Crippen molar-refractivity contribution in [2.45, 2.75) is 6.42 Å². The molecule has 7 heteroatoms. The summed E-state index contributed by atoms with van der Waals surface area (Å²) in [6.45, 7) is 0. The van der Waals surface area contributed by atoms with E-state index in [0.717, 1.165) is 11.1 Å². The molecule has 0 radical (unpaired) electrons. The van der Waals surface area contributed by atoms with E-state index in [1.807, 2.05) is 30.3 Å². The van der Waals surface area contributed by atoms with Gasteiger partial charge in [0.05, 0.1) is 11.8 Å². The molecule has 0 aliphatic carbocycles. The number of pyridine rings is 1. The molecule has 0 saturated heterocycles. The van der Waals surface area contributed by atoms with Crippen molar-refractivity contribution in [1.29, 1.82) is 0 Å². The Morgan fingerprint density at radius 1 is 1.22 bits per heavy atom. The maximum Gasteiger partial charge on any atom is 0.272 e. The third kappa shape index (κ3) is 5.15. The van der Waals surface area contributed by atoms with Gasteiger partial charge in [0.1, 0.15) is 5.75 Å². The number of halogens is 2. The van der Waals surface area contributed by atoms with Crippen LogP contribution in [0.2, 0.25) is 5.02 Å². The number of nitrogens with one attached hydrogen (secondary N) is 1. The summed E-state index contributed by atoms with van der Waals surface area (Å²) in [4.78, 5) is 16.0. The number of phenols is 1. The molecule has 0 aliphatic rings. The van der Waals surface area contributed by atoms with Gasteiger partial charge in [-0.2, -0.15) is 5.10 Å². The highest BCUT2D eigenvalue weighted by molar-refractivity contribution is 9.10. The van der Waals surface area contributed by atoms with Gasteiger partial charge in [0.15, 0.2) is 0 Å². The van der Waals surface area contributed by atoms with Crippen LogP contribution in [0.15, 0.2) is 70.5 Å². The first-order valence-corrected chi connectivity index (χ1v) is 9.19. The lowest BCUT2D eigenvalue weighted by Gasteiger charge is -2.07. The highest BCUT2D eigenvalue weighted by atomic mass is 79.9. The van der Waals surface area contributed by atoms with Gasteiger partial charge < -0.3 is 5.11 Å². The summed E-state index contributed by atoms with van der Waals surface area (Å²) in [5.41, 5.74) is 5.24. The summed E-state index contributed by atoms with van der Waals surface area (Å²) < 4.78 is 0.698. The van der Waals surface area contributed by atoms with Crippen LogP contribution in [0, 0.1) is 0 Å². The van der Waals surface area contributed by atoms with Crippen molar-refractivity contribution in [2.24, 2.45) is 5.10 Å². The van der Waals surface area contributed by atoms with Crippen molar-refractivity contribution in [3.8, 4) is 5.75 Å². The quantitative estimate of drug-likeness (QED) is 0.447. The van der Waals surface area contributed by atoms with Gasteiger partial charge in [0.25, 0.3) is 5.91 Å². The van der Waals surface area contributed by atoms with Gasteiger partial charge in [0.2, 0.25) is 0 Å². The van der Waals surface area contributed by atoms with Gasteiger partial charge in [0, 0.05) is 27.5 Å². The van der Waals surface area contributed by atoms with Crippen molar-refractivity contribution in [1.82, 2.24) is 10.4 Å². The van der Waals surface area contributed by atoms with Gasteiger partial charge in [-0.1, -0.05) is 35.9 Å². The van der Waals surface area contributed by atoms with E-state index in [2.05, 4.69) is 31.4 Å². The van der Waals surface area contributed by atoms with Crippen LogP contribution in [0.3, 0.4) is 0 Å². The smallest absolute Gasteiger partial charge is 0.272 e. The molecule has 3 rings (SSSR count). The summed E-state index contributed by atoms with van der Waals surface area (Å²) >= 11 is 9.46. The van der Waals surface area contributed by atoms with E-state index >= 15 is 0 Å². The zero-order valence-corrected chi connectivity index (χ0v) is 16.4. The maximum atomic E-state index is 12.1. The Bertz CT molecular complexity index is 1010. The van der Waals surface area contributed by atoms with Crippen molar-refractivity contribution >= 4 is 39.7 Å². The lowest BCUT2D eigenvalue weighted by atomic mass is 10.0. The first-order valence-electron chi connectivity index (χ1n) is 8.02. The molecule has 2 N–H and O–H groups in total. The molecule has 0 aliphatic heterocycles. The van der Waals surface area contributed by atoms with E-state index in [1.54, 1.807) is 24.4 Å². The van der Waals surface area contributed by atoms with Crippen LogP contribution in [-0.4, -0.2) is 22.2 Å². The molecule has 1 heterocycles. The summed E-state index contributed by atoms with van der Waals surface area (Å²) in [7, 11) is 0. The number of amides is 1. The van der Waals surface area contributed by atoms with Crippen LogP contribution < -0.4 is 5.43 Å². The maximum absolute atomic E-state index is 12.1. The van der Waals surface area contributed by atoms with Crippen LogP contribution in [0.4, 0.5) is 0 Å². The molecule has 0 unspecified atom stereocenters. The van der Waals surface area contributed by atoms with Gasteiger partial charge in [-0.05, 0) is 57.7 Å². The van der Waals surface area contributed by atoms with Gasteiger partial charge in [-0.25, -0.2) is 5.43 Å². The average molecular weight is 445 g/mol. The molecule has 0 fully saturated rings. The molecular weight excluding hydrogens is 430 g/mol. The molecular formula is C20H15BrClN3O2. The van der Waals surface area contributed by atoms with E-state index < -0.39 is 5.91 Å². The van der Waals surface area contributed by atoms with Crippen molar-refractivity contribution < 1.29 is 9.90 Å². The average Bonchev–Trinajstić information content (AvgIpc) is 2.66. The second kappa shape index (κ2) is 8.79. The molecule has 0 spiro atoms. The molecule has 3 aromatic rings. The minimum Gasteiger partial charge on any atom is -0.507 e. The molecule has 0 bridgehead atoms. The Balaban J connectivity index is 1.72. The van der Waals surface area contributed by atoms with Crippen molar-refractivity contribution in [2.75, 3.05) is 0 Å². The standard InChI is InChI=1S/C20H15BrClN3O2/c21-17-9-16(10-23-12-17)20(27)25-24-11-15-8-13(5-6-19(15)26)7-14-3-1-2-4-18(14)22/h1-6,8-12,26H,7H2,(H,25,27). The molecule has 0 atom stereocenters. The largest absolute Gasteiger partial charge is 0.507 e. The van der Waals surface area contributed by atoms with E-state index in [9.17, 15) is 9.90 Å². The number of hydrogen-bond donors (Lipinski definition) is 2. The first-order chi connectivity index (χ1) is 13.0. The Morgan fingerprint density at radius 3 is 2.81 bits per heavy atom. The molecule has 1 amide bonds. The number of carbonyl (C=O) groups is 1. The molecule has 136 valence electrons. The van der Waals surface area contributed by atoms with Gasteiger partial charge in [-0.3, -0.25) is 9.78 Å². The Labute approximate surface area is 169 Å². The topological polar surface area (TPSA) is 74.6 Å². The molecule has 5 nitrogen and oxygen atoms in total. The number of nitrogens with zero attached hydrogens (tertiary/aromatic N) is 2. The number of carbonyl (C=O) groups excluding carboxylic acids is 1. The van der Waals surface area contributed by atoms with Crippen LogP contribution >= 0.6 is 27.5 Å². The predicted molar refractivity (Wildman–Crippen MR) is 109 cm³/mol. The minimum absolute atomic E-state index is 0.0695. The van der Waals surface area contributed by atoms with E-state index in [1.165, 1.54) is 12.4 Å². The van der Waals surface area contributed by atoms with Crippen LogP contribution in [0.5, 0.6) is 5.75 Å². The number of phenolic OH excluding ortho intramolecular Hbond substituents is 1. The molecule has 0 saturated carbocycles. The second-order valence-electron chi connectivity index (χ2n) is 5.75. The van der Waals surface area contributed by atoms with Crippen molar-refractivity contribution in [3.05, 3.63) is 92.7 Å². The highest BCUT2D eigenvalue weighted by Gasteiger charge is 2.07. The number of hydrazone groups is 1. The van der Waals surface area contributed by atoms with E-state index in [4.69, 9.17) is 11.6 Å². The normalized spacial score (nSPS) is 10.9. The summed E-state index contributed by atoms with van der Waals surface area (Å²) in [6, 6.07) is 14.4. The monoisotopic (exact) mass is 443 g/mol. The third-order valence-corrected chi connectivity index (χ3v) is 4.58. The number of rotatable bonds is 5. The summed E-state index contributed by atoms with van der Waals surface area (Å²) in [6.07, 6.45) is 5.05. The molecule has 2 aromatic carbocycles. The molecule has 27 heavy (non-hydrogen) atoms. The fourth-order valence-electron chi connectivity index (χ4n) is 2.44. The lowest BCUT2D eigenvalue weighted by molar-refractivity contribution is 0.0954. The second-order valence-corrected chi connectivity index (χ2v) is 7.08.